The van der Waals surface area contributed by atoms with Gasteiger partial charge < -0.3 is 16.2 Å². The third-order valence-corrected chi connectivity index (χ3v) is 2.67. The van der Waals surface area contributed by atoms with Crippen LogP contribution in [-0.4, -0.2) is 17.8 Å². The van der Waals surface area contributed by atoms with Crippen LogP contribution in [0.25, 0.3) is 0 Å². The van der Waals surface area contributed by atoms with Gasteiger partial charge in [0.2, 0.25) is 0 Å². The van der Waals surface area contributed by atoms with E-state index >= 15 is 0 Å². The number of rotatable bonds is 5. The fourth-order valence-corrected chi connectivity index (χ4v) is 1.52. The minimum absolute atomic E-state index is 0.0121. The molecule has 0 heterocycles. The predicted molar refractivity (Wildman–Crippen MR) is 63.6 cm³/mol. The first-order chi connectivity index (χ1) is 7.60. The first-order valence-corrected chi connectivity index (χ1v) is 5.45. The van der Waals surface area contributed by atoms with Crippen LogP contribution >= 0.6 is 0 Å². The molecule has 1 rings (SSSR count). The van der Waals surface area contributed by atoms with Crippen molar-refractivity contribution in [2.75, 3.05) is 11.9 Å². The van der Waals surface area contributed by atoms with Crippen LogP contribution in [0.3, 0.4) is 0 Å². The van der Waals surface area contributed by atoms with Gasteiger partial charge in [0.05, 0.1) is 12.6 Å². The average molecular weight is 226 g/mol. The van der Waals surface area contributed by atoms with Gasteiger partial charge in [-0.1, -0.05) is 19.9 Å². The third kappa shape index (κ3) is 2.93. The topological polar surface area (TPSA) is 58.3 Å². The highest BCUT2D eigenvalue weighted by molar-refractivity contribution is 5.52. The van der Waals surface area contributed by atoms with Gasteiger partial charge in [0.25, 0.3) is 0 Å². The van der Waals surface area contributed by atoms with Crippen LogP contribution in [0.1, 0.15) is 19.4 Å². The summed E-state index contributed by atoms with van der Waals surface area (Å²) < 4.78 is 13.4. The quantitative estimate of drug-likeness (QED) is 0.716. The van der Waals surface area contributed by atoms with Crippen molar-refractivity contribution >= 4 is 5.69 Å². The van der Waals surface area contributed by atoms with E-state index in [1.807, 2.05) is 13.8 Å². The molecular formula is C12H19FN2O. The normalized spacial score (nSPS) is 12.9. The molecule has 16 heavy (non-hydrogen) atoms. The van der Waals surface area contributed by atoms with E-state index in [9.17, 15) is 9.50 Å². The van der Waals surface area contributed by atoms with E-state index < -0.39 is 0 Å². The largest absolute Gasteiger partial charge is 0.394 e. The highest BCUT2D eigenvalue weighted by Crippen LogP contribution is 2.20. The maximum Gasteiger partial charge on any atom is 0.129 e. The van der Waals surface area contributed by atoms with Crippen LogP contribution in [0.15, 0.2) is 18.2 Å². The molecule has 3 nitrogen and oxygen atoms in total. The van der Waals surface area contributed by atoms with E-state index in [1.54, 1.807) is 12.1 Å². The van der Waals surface area contributed by atoms with Crippen LogP contribution in [0, 0.1) is 11.7 Å². The van der Waals surface area contributed by atoms with Gasteiger partial charge in [0.1, 0.15) is 5.82 Å². The van der Waals surface area contributed by atoms with E-state index in [2.05, 4.69) is 5.32 Å². The van der Waals surface area contributed by atoms with Crippen LogP contribution in [0.4, 0.5) is 10.1 Å². The first-order valence-electron chi connectivity index (χ1n) is 5.45. The van der Waals surface area contributed by atoms with E-state index in [0.717, 1.165) is 0 Å². The molecule has 0 aliphatic heterocycles. The number of nitrogens with one attached hydrogen (secondary N) is 1. The smallest absolute Gasteiger partial charge is 0.129 e. The minimum Gasteiger partial charge on any atom is -0.394 e. The highest BCUT2D eigenvalue weighted by atomic mass is 19.1. The lowest BCUT2D eigenvalue weighted by Gasteiger charge is -2.22. The van der Waals surface area contributed by atoms with Crippen molar-refractivity contribution in [1.29, 1.82) is 0 Å². The zero-order chi connectivity index (χ0) is 12.1. The van der Waals surface area contributed by atoms with E-state index in [1.165, 1.54) is 6.07 Å². The summed E-state index contributed by atoms with van der Waals surface area (Å²) in [5.74, 6) is -0.0492. The minimum atomic E-state index is -0.312. The second-order valence-electron chi connectivity index (χ2n) is 4.15. The molecule has 0 saturated heterocycles. The monoisotopic (exact) mass is 226 g/mol. The standard InChI is InChI=1S/C12H19FN2O/c1-8(2)12(7-16)15-11-5-3-4-10(13)9(11)6-14/h3-5,8,12,15-16H,6-7,14H2,1-2H3/t12-/m1/s1. The molecule has 0 spiro atoms. The van der Waals surface area contributed by atoms with E-state index in [-0.39, 0.29) is 30.9 Å². The Labute approximate surface area is 95.5 Å². The number of aliphatic hydroxyl groups excluding tert-OH is 1. The van der Waals surface area contributed by atoms with Gasteiger partial charge in [-0.25, -0.2) is 4.39 Å². The zero-order valence-electron chi connectivity index (χ0n) is 9.70. The number of nitrogens with two attached hydrogens (primary N) is 1. The Balaban J connectivity index is 2.91. The predicted octanol–water partition coefficient (Wildman–Crippen LogP) is 1.71. The van der Waals surface area contributed by atoms with Crippen LogP contribution in [0.2, 0.25) is 0 Å². The number of hydrogen-bond donors (Lipinski definition) is 3. The van der Waals surface area contributed by atoms with Crippen molar-refractivity contribution < 1.29 is 9.50 Å². The Morgan fingerprint density at radius 1 is 1.44 bits per heavy atom. The van der Waals surface area contributed by atoms with Crippen LogP contribution in [0.5, 0.6) is 0 Å². The fraction of sp³-hybridized carbons (Fsp3) is 0.500. The molecule has 0 aromatic heterocycles. The molecule has 0 radical (unpaired) electrons. The molecule has 0 aliphatic carbocycles. The summed E-state index contributed by atoms with van der Waals surface area (Å²) in [6.07, 6.45) is 0. The van der Waals surface area contributed by atoms with Crippen molar-refractivity contribution in [3.8, 4) is 0 Å². The fourth-order valence-electron chi connectivity index (χ4n) is 1.52. The van der Waals surface area contributed by atoms with Gasteiger partial charge >= 0.3 is 0 Å². The van der Waals surface area contributed by atoms with Gasteiger partial charge in [0, 0.05) is 17.8 Å². The van der Waals surface area contributed by atoms with Crippen molar-refractivity contribution in [2.45, 2.75) is 26.4 Å². The summed E-state index contributed by atoms with van der Waals surface area (Å²) >= 11 is 0. The molecule has 0 unspecified atom stereocenters. The molecule has 0 fully saturated rings. The summed E-state index contributed by atoms with van der Waals surface area (Å²) in [4.78, 5) is 0. The second-order valence-corrected chi connectivity index (χ2v) is 4.15. The Bertz CT molecular complexity index is 342. The maximum atomic E-state index is 13.4. The number of aliphatic hydroxyl groups is 1. The van der Waals surface area contributed by atoms with Crippen molar-refractivity contribution in [1.82, 2.24) is 0 Å². The van der Waals surface area contributed by atoms with Gasteiger partial charge in [-0.3, -0.25) is 0 Å². The molecule has 0 saturated carbocycles. The summed E-state index contributed by atoms with van der Waals surface area (Å²) in [5.41, 5.74) is 6.62. The summed E-state index contributed by atoms with van der Waals surface area (Å²) in [6.45, 7) is 4.15. The summed E-state index contributed by atoms with van der Waals surface area (Å²) in [7, 11) is 0. The van der Waals surface area contributed by atoms with E-state index in [0.29, 0.717) is 11.3 Å². The molecule has 1 aromatic rings. The SMILES string of the molecule is CC(C)[C@@H](CO)Nc1cccc(F)c1CN. The molecular weight excluding hydrogens is 207 g/mol. The molecule has 1 atom stereocenters. The molecule has 4 N–H and O–H groups in total. The van der Waals surface area contributed by atoms with Crippen LogP contribution in [-0.2, 0) is 6.54 Å². The molecule has 0 amide bonds. The summed E-state index contributed by atoms with van der Waals surface area (Å²) in [6, 6.07) is 4.70. The first kappa shape index (κ1) is 12.9. The highest BCUT2D eigenvalue weighted by Gasteiger charge is 2.14. The average Bonchev–Trinajstić information content (AvgIpc) is 2.25. The molecule has 90 valence electrons. The number of hydrogen-bond acceptors (Lipinski definition) is 3. The molecule has 1 aromatic carbocycles. The lowest BCUT2D eigenvalue weighted by molar-refractivity contribution is 0.249. The Morgan fingerprint density at radius 2 is 2.12 bits per heavy atom. The second kappa shape index (κ2) is 5.82. The Hall–Kier alpha value is -1.13. The lowest BCUT2D eigenvalue weighted by Crippen LogP contribution is -2.30. The van der Waals surface area contributed by atoms with Crippen LogP contribution < -0.4 is 11.1 Å². The van der Waals surface area contributed by atoms with Crippen molar-refractivity contribution in [2.24, 2.45) is 11.7 Å². The Morgan fingerprint density at radius 3 is 2.62 bits per heavy atom. The molecule has 0 bridgehead atoms. The maximum absolute atomic E-state index is 13.4. The van der Waals surface area contributed by atoms with Gasteiger partial charge in [-0.2, -0.15) is 0 Å². The third-order valence-electron chi connectivity index (χ3n) is 2.67. The summed E-state index contributed by atoms with van der Waals surface area (Å²) in [5, 5.41) is 12.3. The Kier molecular flexibility index (Phi) is 4.71. The van der Waals surface area contributed by atoms with Gasteiger partial charge in [0.15, 0.2) is 0 Å². The lowest BCUT2D eigenvalue weighted by atomic mass is 10.0. The van der Waals surface area contributed by atoms with Crippen molar-refractivity contribution in [3.63, 3.8) is 0 Å². The molecule has 4 heteroatoms. The molecule has 0 aliphatic rings. The van der Waals surface area contributed by atoms with E-state index in [4.69, 9.17) is 5.73 Å². The van der Waals surface area contributed by atoms with Gasteiger partial charge in [-0.15, -0.1) is 0 Å². The number of anilines is 1. The number of halogens is 1. The number of benzene rings is 1. The van der Waals surface area contributed by atoms with Crippen molar-refractivity contribution in [3.05, 3.63) is 29.6 Å². The zero-order valence-corrected chi connectivity index (χ0v) is 9.70. The van der Waals surface area contributed by atoms with Gasteiger partial charge in [-0.05, 0) is 18.1 Å².